The highest BCUT2D eigenvalue weighted by Crippen LogP contribution is 2.30. The van der Waals surface area contributed by atoms with Crippen LogP contribution in [0.3, 0.4) is 0 Å². The quantitative estimate of drug-likeness (QED) is 0.891. The average Bonchev–Trinajstić information content (AvgIpc) is 2.80. The number of carboxylic acid groups (broad SMARTS) is 1. The zero-order chi connectivity index (χ0) is 14.0. The molecular weight excluding hydrogens is 250 g/mol. The Kier molecular flexibility index (Phi) is 3.37. The standard InChI is InChI=1S/C12H13N3O4/c1-15-11(10(12(16)17)13-14-15)7-4-8(18-2)6-9(5-7)19-3/h4-6H,1-3H3,(H,16,17). The van der Waals surface area contributed by atoms with Gasteiger partial charge in [0.15, 0.2) is 5.69 Å². The Bertz CT molecular complexity index is 599. The first-order valence-electron chi connectivity index (χ1n) is 5.43. The van der Waals surface area contributed by atoms with Crippen molar-refractivity contribution in [1.82, 2.24) is 15.0 Å². The Hall–Kier alpha value is -2.57. The number of carbonyl (C=O) groups is 1. The molecule has 0 aliphatic rings. The third kappa shape index (κ3) is 2.35. The molecule has 7 heteroatoms. The highest BCUT2D eigenvalue weighted by atomic mass is 16.5. The lowest BCUT2D eigenvalue weighted by molar-refractivity contribution is 0.0691. The number of aromatic nitrogens is 3. The van der Waals surface area contributed by atoms with Gasteiger partial charge in [0, 0.05) is 18.7 Å². The van der Waals surface area contributed by atoms with Crippen molar-refractivity contribution >= 4 is 5.97 Å². The second-order valence-corrected chi connectivity index (χ2v) is 3.82. The summed E-state index contributed by atoms with van der Waals surface area (Å²) in [6, 6.07) is 5.11. The molecule has 0 bridgehead atoms. The number of aromatic carboxylic acids is 1. The van der Waals surface area contributed by atoms with E-state index in [4.69, 9.17) is 14.6 Å². The number of hydrogen-bond acceptors (Lipinski definition) is 5. The summed E-state index contributed by atoms with van der Waals surface area (Å²) in [5.74, 6) is -0.0105. The van der Waals surface area contributed by atoms with Gasteiger partial charge in [-0.2, -0.15) is 0 Å². The number of rotatable bonds is 4. The molecule has 0 aliphatic carbocycles. The van der Waals surface area contributed by atoms with Gasteiger partial charge in [-0.25, -0.2) is 9.48 Å². The van der Waals surface area contributed by atoms with Crippen molar-refractivity contribution in [3.8, 4) is 22.8 Å². The van der Waals surface area contributed by atoms with Crippen molar-refractivity contribution in [1.29, 1.82) is 0 Å². The van der Waals surface area contributed by atoms with Crippen molar-refractivity contribution < 1.29 is 19.4 Å². The van der Waals surface area contributed by atoms with Crippen LogP contribution in [-0.4, -0.2) is 40.3 Å². The maximum absolute atomic E-state index is 11.1. The maximum atomic E-state index is 11.1. The molecule has 0 aliphatic heterocycles. The second-order valence-electron chi connectivity index (χ2n) is 3.82. The summed E-state index contributed by atoms with van der Waals surface area (Å²) in [7, 11) is 4.68. The van der Waals surface area contributed by atoms with Gasteiger partial charge in [-0.3, -0.25) is 0 Å². The molecule has 0 saturated heterocycles. The van der Waals surface area contributed by atoms with Crippen LogP contribution in [0.15, 0.2) is 18.2 Å². The third-order valence-corrected chi connectivity index (χ3v) is 2.65. The van der Waals surface area contributed by atoms with E-state index in [1.807, 2.05) is 0 Å². The SMILES string of the molecule is COc1cc(OC)cc(-c2c(C(=O)O)nnn2C)c1. The first-order chi connectivity index (χ1) is 9.06. The van der Waals surface area contributed by atoms with Gasteiger partial charge in [-0.15, -0.1) is 5.10 Å². The minimum atomic E-state index is -1.13. The van der Waals surface area contributed by atoms with Crippen molar-refractivity contribution in [2.45, 2.75) is 0 Å². The van der Waals surface area contributed by atoms with Gasteiger partial charge in [-0.05, 0) is 12.1 Å². The molecular formula is C12H13N3O4. The van der Waals surface area contributed by atoms with E-state index in [0.29, 0.717) is 22.8 Å². The Morgan fingerprint density at radius 2 is 1.79 bits per heavy atom. The molecule has 0 fully saturated rings. The van der Waals surface area contributed by atoms with E-state index in [1.54, 1.807) is 25.2 Å². The molecule has 100 valence electrons. The van der Waals surface area contributed by atoms with Crippen LogP contribution in [0, 0.1) is 0 Å². The zero-order valence-electron chi connectivity index (χ0n) is 10.7. The van der Waals surface area contributed by atoms with Gasteiger partial charge < -0.3 is 14.6 Å². The number of ether oxygens (including phenoxy) is 2. The summed E-state index contributed by atoms with van der Waals surface area (Å²) < 4.78 is 11.7. The van der Waals surface area contributed by atoms with Crippen molar-refractivity contribution in [2.24, 2.45) is 7.05 Å². The second kappa shape index (κ2) is 4.97. The first-order valence-corrected chi connectivity index (χ1v) is 5.43. The lowest BCUT2D eigenvalue weighted by atomic mass is 10.1. The Balaban J connectivity index is 2.64. The highest BCUT2D eigenvalue weighted by molar-refractivity contribution is 5.92. The fourth-order valence-electron chi connectivity index (χ4n) is 1.77. The monoisotopic (exact) mass is 263 g/mol. The van der Waals surface area contributed by atoms with Crippen LogP contribution in [0.4, 0.5) is 0 Å². The maximum Gasteiger partial charge on any atom is 0.358 e. The summed E-state index contributed by atoms with van der Waals surface area (Å²) in [5.41, 5.74) is 0.892. The van der Waals surface area contributed by atoms with E-state index in [0.717, 1.165) is 0 Å². The largest absolute Gasteiger partial charge is 0.497 e. The van der Waals surface area contributed by atoms with E-state index >= 15 is 0 Å². The number of carboxylic acids is 1. The lowest BCUT2D eigenvalue weighted by Gasteiger charge is -2.08. The number of aryl methyl sites for hydroxylation is 1. The molecule has 2 rings (SSSR count). The van der Waals surface area contributed by atoms with Crippen LogP contribution >= 0.6 is 0 Å². The molecule has 2 aromatic rings. The Labute approximate surface area is 109 Å². The first kappa shape index (κ1) is 12.9. The topological polar surface area (TPSA) is 86.5 Å². The van der Waals surface area contributed by atoms with Crippen molar-refractivity contribution in [3.63, 3.8) is 0 Å². The molecule has 1 heterocycles. The molecule has 1 aromatic heterocycles. The van der Waals surface area contributed by atoms with Crippen LogP contribution in [0.5, 0.6) is 11.5 Å². The fraction of sp³-hybridized carbons (Fsp3) is 0.250. The predicted molar refractivity (Wildman–Crippen MR) is 66.5 cm³/mol. The van der Waals surface area contributed by atoms with Gasteiger partial charge in [-0.1, -0.05) is 5.21 Å². The van der Waals surface area contributed by atoms with E-state index in [1.165, 1.54) is 18.9 Å². The van der Waals surface area contributed by atoms with Gasteiger partial charge in [0.2, 0.25) is 0 Å². The number of nitrogens with zero attached hydrogens (tertiary/aromatic N) is 3. The number of benzene rings is 1. The predicted octanol–water partition coefficient (Wildman–Crippen LogP) is 1.20. The molecule has 7 nitrogen and oxygen atoms in total. The highest BCUT2D eigenvalue weighted by Gasteiger charge is 2.20. The molecule has 0 spiro atoms. The number of hydrogen-bond donors (Lipinski definition) is 1. The smallest absolute Gasteiger partial charge is 0.358 e. The minimum Gasteiger partial charge on any atom is -0.497 e. The Morgan fingerprint density at radius 1 is 1.21 bits per heavy atom. The third-order valence-electron chi connectivity index (χ3n) is 2.65. The van der Waals surface area contributed by atoms with E-state index in [-0.39, 0.29) is 5.69 Å². The fourth-order valence-corrected chi connectivity index (χ4v) is 1.77. The molecule has 0 atom stereocenters. The summed E-state index contributed by atoms with van der Waals surface area (Å²) in [6.07, 6.45) is 0. The molecule has 0 unspecified atom stereocenters. The summed E-state index contributed by atoms with van der Waals surface area (Å²) >= 11 is 0. The zero-order valence-corrected chi connectivity index (χ0v) is 10.7. The van der Waals surface area contributed by atoms with E-state index < -0.39 is 5.97 Å². The van der Waals surface area contributed by atoms with Gasteiger partial charge >= 0.3 is 5.97 Å². The van der Waals surface area contributed by atoms with E-state index in [9.17, 15) is 4.79 Å². The van der Waals surface area contributed by atoms with Crippen LogP contribution in [0.1, 0.15) is 10.5 Å². The lowest BCUT2D eigenvalue weighted by Crippen LogP contribution is -2.02. The van der Waals surface area contributed by atoms with Gasteiger partial charge in [0.25, 0.3) is 0 Å². The number of methoxy groups -OCH3 is 2. The molecule has 19 heavy (non-hydrogen) atoms. The van der Waals surface area contributed by atoms with Crippen LogP contribution in [0.2, 0.25) is 0 Å². The summed E-state index contributed by atoms with van der Waals surface area (Å²) in [6.45, 7) is 0. The van der Waals surface area contributed by atoms with Crippen molar-refractivity contribution in [3.05, 3.63) is 23.9 Å². The van der Waals surface area contributed by atoms with Gasteiger partial charge in [0.05, 0.1) is 14.2 Å². The molecule has 1 N–H and O–H groups in total. The van der Waals surface area contributed by atoms with Crippen LogP contribution in [-0.2, 0) is 7.05 Å². The molecule has 0 radical (unpaired) electrons. The van der Waals surface area contributed by atoms with E-state index in [2.05, 4.69) is 10.3 Å². The van der Waals surface area contributed by atoms with Gasteiger partial charge in [0.1, 0.15) is 17.2 Å². The molecule has 0 amide bonds. The van der Waals surface area contributed by atoms with Crippen molar-refractivity contribution in [2.75, 3.05) is 14.2 Å². The van der Waals surface area contributed by atoms with Crippen LogP contribution < -0.4 is 9.47 Å². The summed E-state index contributed by atoms with van der Waals surface area (Å²) in [5, 5.41) is 16.5. The minimum absolute atomic E-state index is 0.113. The normalized spacial score (nSPS) is 10.3. The van der Waals surface area contributed by atoms with Crippen LogP contribution in [0.25, 0.3) is 11.3 Å². The Morgan fingerprint density at radius 3 is 2.26 bits per heavy atom. The average molecular weight is 263 g/mol. The molecule has 0 saturated carbocycles. The summed E-state index contributed by atoms with van der Waals surface area (Å²) in [4.78, 5) is 11.1. The molecule has 1 aromatic carbocycles.